The van der Waals surface area contributed by atoms with Gasteiger partial charge in [-0.1, -0.05) is 6.07 Å². The molecule has 0 fully saturated rings. The predicted molar refractivity (Wildman–Crippen MR) is 87.9 cm³/mol. The van der Waals surface area contributed by atoms with Gasteiger partial charge in [-0.05, 0) is 35.7 Å². The summed E-state index contributed by atoms with van der Waals surface area (Å²) < 4.78 is 7.03. The molecule has 0 bridgehead atoms. The lowest BCUT2D eigenvalue weighted by atomic mass is 9.97. The molecular weight excluding hydrogens is 310 g/mol. The second kappa shape index (κ2) is 6.37. The van der Waals surface area contributed by atoms with E-state index in [0.29, 0.717) is 36.5 Å². The van der Waals surface area contributed by atoms with Gasteiger partial charge < -0.3 is 19.4 Å². The van der Waals surface area contributed by atoms with Crippen LogP contribution >= 0.6 is 0 Å². The van der Waals surface area contributed by atoms with Crippen LogP contribution in [-0.4, -0.2) is 40.1 Å². The molecule has 1 aliphatic rings. The van der Waals surface area contributed by atoms with Gasteiger partial charge in [0.1, 0.15) is 11.4 Å². The largest absolute Gasteiger partial charge is 0.494 e. The first kappa shape index (κ1) is 16.1. The van der Waals surface area contributed by atoms with Crippen LogP contribution in [0.4, 0.5) is 0 Å². The van der Waals surface area contributed by atoms with Crippen LogP contribution in [0.5, 0.6) is 5.75 Å². The van der Waals surface area contributed by atoms with Gasteiger partial charge in [0.25, 0.3) is 5.91 Å². The zero-order chi connectivity index (χ0) is 17.3. The molecule has 3 rings (SSSR count). The average Bonchev–Trinajstić information content (AvgIpc) is 3.00. The van der Waals surface area contributed by atoms with E-state index in [4.69, 9.17) is 9.94 Å². The van der Waals surface area contributed by atoms with Crippen LogP contribution in [0.25, 0.3) is 0 Å². The lowest BCUT2D eigenvalue weighted by molar-refractivity contribution is 0.0700. The van der Waals surface area contributed by atoms with Crippen LogP contribution in [0.2, 0.25) is 0 Å². The quantitative estimate of drug-likeness (QED) is 0.660. The van der Waals surface area contributed by atoms with Crippen LogP contribution in [0.3, 0.4) is 0 Å². The smallest absolute Gasteiger partial charge is 0.314 e. The van der Waals surface area contributed by atoms with Gasteiger partial charge in [-0.2, -0.15) is 0 Å². The molecule has 7 heteroatoms. The van der Waals surface area contributed by atoms with E-state index in [1.165, 1.54) is 0 Å². The first-order chi connectivity index (χ1) is 11.5. The first-order valence-corrected chi connectivity index (χ1v) is 7.62. The van der Waals surface area contributed by atoms with Gasteiger partial charge in [0.15, 0.2) is 0 Å². The van der Waals surface area contributed by atoms with Crippen molar-refractivity contribution in [3.63, 3.8) is 0 Å². The zero-order valence-electron chi connectivity index (χ0n) is 13.6. The van der Waals surface area contributed by atoms with E-state index in [2.05, 4.69) is 0 Å². The minimum absolute atomic E-state index is 0.0713. The van der Waals surface area contributed by atoms with Gasteiger partial charge in [-0.15, -0.1) is 5.48 Å². The Morgan fingerprint density at radius 3 is 2.75 bits per heavy atom. The van der Waals surface area contributed by atoms with E-state index < -0.39 is 5.91 Å². The third-order valence-electron chi connectivity index (χ3n) is 4.34. The Balaban J connectivity index is 1.83. The molecule has 126 valence electrons. The molecule has 0 unspecified atom stereocenters. The lowest BCUT2D eigenvalue weighted by Crippen LogP contribution is -2.37. The first-order valence-electron chi connectivity index (χ1n) is 7.62. The number of hydrogen-bond acceptors (Lipinski definition) is 3. The molecule has 1 aliphatic heterocycles. The molecule has 7 nitrogen and oxygen atoms in total. The molecule has 0 spiro atoms. The van der Waals surface area contributed by atoms with E-state index in [1.807, 2.05) is 18.6 Å². The van der Waals surface area contributed by atoms with Crippen LogP contribution in [0, 0.1) is 0 Å². The fraction of sp³-hybridized carbons (Fsp3) is 0.294. The molecular formula is C17H20N3O4+. The number of hydroxylamine groups is 1. The highest BCUT2D eigenvalue weighted by molar-refractivity contribution is 5.96. The average molecular weight is 330 g/mol. The Hall–Kier alpha value is -2.80. The van der Waals surface area contributed by atoms with Crippen molar-refractivity contribution in [1.29, 1.82) is 0 Å². The molecule has 0 radical (unpaired) electrons. The molecule has 2 amide bonds. The van der Waals surface area contributed by atoms with E-state index in [9.17, 15) is 9.59 Å². The van der Waals surface area contributed by atoms with Gasteiger partial charge in [0.2, 0.25) is 0 Å². The third-order valence-corrected chi connectivity index (χ3v) is 4.34. The molecule has 1 aromatic carbocycles. The van der Waals surface area contributed by atoms with Crippen LogP contribution in [0.1, 0.15) is 32.0 Å². The maximum absolute atomic E-state index is 12.8. The number of methoxy groups -OCH3 is 1. The maximum atomic E-state index is 12.8. The van der Waals surface area contributed by atoms with Crippen molar-refractivity contribution >= 4 is 11.8 Å². The number of carbonyl (C=O) groups excluding carboxylic acids is 2. The standard InChI is InChI=1S/C17H19N3O4/c1-19-7-6-14(24-2)15(19)17(22)20-8-5-11-9-12(16(21)18-23)3-4-13(11)10-20/h3-4,6-7,9,23H,5,8,10H2,1-2H3,(H,18,21)/p+1. The molecule has 0 saturated heterocycles. The Bertz CT molecular complexity index is 797. The normalized spacial score (nSPS) is 13.4. The number of benzene rings is 1. The van der Waals surface area contributed by atoms with Crippen molar-refractivity contribution in [3.05, 3.63) is 52.8 Å². The number of carbonyl (C=O) groups is 2. The number of hydrogen-bond donors (Lipinski definition) is 1. The third kappa shape index (κ3) is 2.74. The summed E-state index contributed by atoms with van der Waals surface area (Å²) in [7, 11) is 3.37. The molecule has 0 atom stereocenters. The fourth-order valence-corrected chi connectivity index (χ4v) is 3.02. The molecule has 2 heterocycles. The number of nitrogens with zero attached hydrogens (tertiary/aromatic N) is 2. The highest BCUT2D eigenvalue weighted by atomic mass is 16.5. The number of fused-ring (bicyclic) bond motifs is 1. The van der Waals surface area contributed by atoms with E-state index in [-0.39, 0.29) is 5.91 Å². The summed E-state index contributed by atoms with van der Waals surface area (Å²) in [5, 5.41) is 6.95. The van der Waals surface area contributed by atoms with Crippen LogP contribution in [-0.2, 0) is 20.0 Å². The zero-order valence-corrected chi connectivity index (χ0v) is 13.6. The van der Waals surface area contributed by atoms with Gasteiger partial charge in [0.05, 0.1) is 7.11 Å². The van der Waals surface area contributed by atoms with Crippen molar-refractivity contribution in [2.45, 2.75) is 13.0 Å². The summed E-state index contributed by atoms with van der Waals surface area (Å²) in [5.41, 5.74) is 4.94. The fourth-order valence-electron chi connectivity index (χ4n) is 3.02. The van der Waals surface area contributed by atoms with E-state index in [0.717, 1.165) is 11.1 Å². The number of aromatic nitrogens is 1. The highest BCUT2D eigenvalue weighted by Gasteiger charge is 2.26. The topological polar surface area (TPSA) is 86.5 Å². The molecule has 0 aliphatic carbocycles. The predicted octanol–water partition coefficient (Wildman–Crippen LogP) is 0.602. The Morgan fingerprint density at radius 2 is 2.04 bits per heavy atom. The number of nitrogens with one attached hydrogen (secondary N) is 1. The van der Waals surface area contributed by atoms with Crippen molar-refractivity contribution < 1.29 is 19.5 Å². The Kier molecular flexibility index (Phi) is 4.26. The van der Waals surface area contributed by atoms with Gasteiger partial charge in [-0.25, -0.2) is 0 Å². The van der Waals surface area contributed by atoms with Crippen molar-refractivity contribution in [3.8, 4) is 5.75 Å². The molecule has 3 N–H and O–H groups in total. The summed E-state index contributed by atoms with van der Waals surface area (Å²) in [6, 6.07) is 7.10. The van der Waals surface area contributed by atoms with E-state index in [1.54, 1.807) is 41.0 Å². The SMILES string of the molecule is COc1ccn(C)c1C(=O)N1CCc2cc(C(=O)N[OH2+])ccc2C1. The van der Waals surface area contributed by atoms with Crippen molar-refractivity contribution in [2.75, 3.05) is 13.7 Å². The summed E-state index contributed by atoms with van der Waals surface area (Å²) in [4.78, 5) is 26.2. The molecule has 24 heavy (non-hydrogen) atoms. The van der Waals surface area contributed by atoms with Gasteiger partial charge in [0, 0.05) is 31.9 Å². The van der Waals surface area contributed by atoms with Crippen molar-refractivity contribution in [2.24, 2.45) is 7.05 Å². The second-order valence-electron chi connectivity index (χ2n) is 5.76. The highest BCUT2D eigenvalue weighted by Crippen LogP contribution is 2.25. The van der Waals surface area contributed by atoms with Gasteiger partial charge >= 0.3 is 5.91 Å². The van der Waals surface area contributed by atoms with Crippen molar-refractivity contribution in [1.82, 2.24) is 14.9 Å². The summed E-state index contributed by atoms with van der Waals surface area (Å²) >= 11 is 0. The minimum Gasteiger partial charge on any atom is -0.494 e. The second-order valence-corrected chi connectivity index (χ2v) is 5.76. The Labute approximate surface area is 139 Å². The number of aryl methyl sites for hydroxylation is 1. The lowest BCUT2D eigenvalue weighted by Gasteiger charge is -2.29. The summed E-state index contributed by atoms with van der Waals surface area (Å²) in [5.74, 6) is 0.0681. The van der Waals surface area contributed by atoms with Crippen LogP contribution in [0.15, 0.2) is 30.5 Å². The number of ether oxygens (including phenoxy) is 1. The molecule has 1 aromatic heterocycles. The molecule has 2 aromatic rings. The Morgan fingerprint density at radius 1 is 1.25 bits per heavy atom. The number of rotatable bonds is 3. The number of amides is 2. The van der Waals surface area contributed by atoms with E-state index >= 15 is 0 Å². The van der Waals surface area contributed by atoms with Crippen LogP contribution < -0.4 is 10.2 Å². The molecule has 0 saturated carbocycles. The summed E-state index contributed by atoms with van der Waals surface area (Å²) in [6.45, 7) is 1.07. The monoisotopic (exact) mass is 330 g/mol. The minimum atomic E-state index is -0.426. The van der Waals surface area contributed by atoms with Gasteiger partial charge in [-0.3, -0.25) is 9.59 Å². The summed E-state index contributed by atoms with van der Waals surface area (Å²) in [6.07, 6.45) is 2.47. The maximum Gasteiger partial charge on any atom is 0.314 e.